The number of sulfonamides is 1. The van der Waals surface area contributed by atoms with Gasteiger partial charge >= 0.3 is 0 Å². The van der Waals surface area contributed by atoms with Gasteiger partial charge in [-0.15, -0.1) is 6.42 Å². The van der Waals surface area contributed by atoms with Crippen molar-refractivity contribution in [2.75, 3.05) is 11.9 Å². The number of carbonyl (C=O) groups is 1. The minimum Gasteiger partial charge on any atom is -0.322 e. The number of hydrogen-bond donors (Lipinski definition) is 2. The number of nitrogens with one attached hydrogen (secondary N) is 2. The van der Waals surface area contributed by atoms with E-state index in [0.29, 0.717) is 16.3 Å². The van der Waals surface area contributed by atoms with Crippen molar-refractivity contribution < 1.29 is 13.2 Å². The number of terminal acetylenes is 1. The van der Waals surface area contributed by atoms with Crippen LogP contribution >= 0.6 is 11.6 Å². The molecule has 124 valence electrons. The first kappa shape index (κ1) is 18.0. The number of benzene rings is 2. The van der Waals surface area contributed by atoms with E-state index in [1.165, 1.54) is 24.3 Å². The minimum absolute atomic E-state index is 0.0349. The Morgan fingerprint density at radius 3 is 2.46 bits per heavy atom. The Morgan fingerprint density at radius 1 is 1.21 bits per heavy atom. The summed E-state index contributed by atoms with van der Waals surface area (Å²) in [7, 11) is -3.68. The van der Waals surface area contributed by atoms with Crippen molar-refractivity contribution in [2.24, 2.45) is 0 Å². The van der Waals surface area contributed by atoms with Gasteiger partial charge in [0.2, 0.25) is 10.0 Å². The van der Waals surface area contributed by atoms with E-state index in [9.17, 15) is 13.2 Å². The summed E-state index contributed by atoms with van der Waals surface area (Å²) >= 11 is 6.02. The highest BCUT2D eigenvalue weighted by Gasteiger charge is 2.14. The number of hydrogen-bond acceptors (Lipinski definition) is 3. The van der Waals surface area contributed by atoms with Crippen LogP contribution in [0.1, 0.15) is 15.9 Å². The fraction of sp³-hybridized carbons (Fsp3) is 0.118. The van der Waals surface area contributed by atoms with E-state index in [-0.39, 0.29) is 17.3 Å². The standard InChI is InChI=1S/C17H15ClN2O3S/c1-3-10-19-24(22,23)15-8-5-13(6-9-15)17(21)20-14-7-4-12(2)16(18)11-14/h1,4-9,11,19H,10H2,2H3,(H,20,21). The number of aryl methyl sites for hydroxylation is 1. The number of carbonyl (C=O) groups excluding carboxylic acids is 1. The molecule has 2 aromatic rings. The number of rotatable bonds is 5. The van der Waals surface area contributed by atoms with Crippen LogP contribution in [0.15, 0.2) is 47.4 Å². The number of amides is 1. The van der Waals surface area contributed by atoms with E-state index >= 15 is 0 Å². The monoisotopic (exact) mass is 362 g/mol. The number of halogens is 1. The predicted molar refractivity (Wildman–Crippen MR) is 94.6 cm³/mol. The lowest BCUT2D eigenvalue weighted by atomic mass is 10.2. The molecule has 0 saturated carbocycles. The molecule has 0 bridgehead atoms. The van der Waals surface area contributed by atoms with Crippen LogP contribution in [0.4, 0.5) is 5.69 Å². The highest BCUT2D eigenvalue weighted by Crippen LogP contribution is 2.20. The molecule has 2 aromatic carbocycles. The summed E-state index contributed by atoms with van der Waals surface area (Å²) in [6.07, 6.45) is 5.03. The van der Waals surface area contributed by atoms with Crippen LogP contribution in [0.5, 0.6) is 0 Å². The van der Waals surface area contributed by atoms with Gasteiger partial charge in [-0.05, 0) is 48.9 Å². The van der Waals surface area contributed by atoms with E-state index < -0.39 is 10.0 Å². The molecule has 5 nitrogen and oxygen atoms in total. The van der Waals surface area contributed by atoms with Crippen LogP contribution in [-0.2, 0) is 10.0 Å². The molecule has 0 unspecified atom stereocenters. The van der Waals surface area contributed by atoms with E-state index in [1.54, 1.807) is 18.2 Å². The molecule has 0 saturated heterocycles. The molecule has 0 radical (unpaired) electrons. The zero-order valence-corrected chi connectivity index (χ0v) is 14.4. The molecule has 1 amide bonds. The van der Waals surface area contributed by atoms with Crippen molar-refractivity contribution in [1.29, 1.82) is 0 Å². The van der Waals surface area contributed by atoms with Gasteiger partial charge in [-0.3, -0.25) is 4.79 Å². The zero-order valence-electron chi connectivity index (χ0n) is 12.8. The van der Waals surface area contributed by atoms with Crippen molar-refractivity contribution in [3.8, 4) is 12.3 Å². The molecule has 0 heterocycles. The first-order valence-corrected chi connectivity index (χ1v) is 8.80. The fourth-order valence-electron chi connectivity index (χ4n) is 1.88. The SMILES string of the molecule is C#CCNS(=O)(=O)c1ccc(C(=O)Nc2ccc(C)c(Cl)c2)cc1. The molecule has 0 aliphatic rings. The molecule has 0 spiro atoms. The molecular formula is C17H15ClN2O3S. The third-order valence-electron chi connectivity index (χ3n) is 3.22. The van der Waals surface area contributed by atoms with E-state index in [4.69, 9.17) is 18.0 Å². The Balaban J connectivity index is 2.14. The van der Waals surface area contributed by atoms with Gasteiger partial charge in [0.1, 0.15) is 0 Å². The second-order valence-electron chi connectivity index (χ2n) is 4.97. The van der Waals surface area contributed by atoms with Gasteiger partial charge in [0.05, 0.1) is 11.4 Å². The fourth-order valence-corrected chi connectivity index (χ4v) is 2.99. The molecule has 24 heavy (non-hydrogen) atoms. The molecule has 0 atom stereocenters. The maximum atomic E-state index is 12.2. The van der Waals surface area contributed by atoms with Crippen LogP contribution in [0.3, 0.4) is 0 Å². The zero-order chi connectivity index (χ0) is 17.7. The second kappa shape index (κ2) is 7.49. The van der Waals surface area contributed by atoms with Crippen molar-refractivity contribution in [1.82, 2.24) is 4.72 Å². The van der Waals surface area contributed by atoms with Gasteiger partial charge in [-0.1, -0.05) is 23.6 Å². The van der Waals surface area contributed by atoms with Gasteiger partial charge in [-0.25, -0.2) is 8.42 Å². The maximum Gasteiger partial charge on any atom is 0.255 e. The van der Waals surface area contributed by atoms with Crippen molar-refractivity contribution in [3.05, 3.63) is 58.6 Å². The van der Waals surface area contributed by atoms with Gasteiger partial charge in [0.25, 0.3) is 5.91 Å². The Morgan fingerprint density at radius 2 is 1.88 bits per heavy atom. The Kier molecular flexibility index (Phi) is 5.62. The third kappa shape index (κ3) is 4.36. The highest BCUT2D eigenvalue weighted by molar-refractivity contribution is 7.89. The minimum atomic E-state index is -3.68. The third-order valence-corrected chi connectivity index (χ3v) is 5.05. The highest BCUT2D eigenvalue weighted by atomic mass is 35.5. The van der Waals surface area contributed by atoms with Crippen LogP contribution in [0, 0.1) is 19.3 Å². The second-order valence-corrected chi connectivity index (χ2v) is 7.15. The molecule has 0 aliphatic carbocycles. The topological polar surface area (TPSA) is 75.3 Å². The molecular weight excluding hydrogens is 348 g/mol. The van der Waals surface area contributed by atoms with Crippen molar-refractivity contribution in [3.63, 3.8) is 0 Å². The summed E-state index contributed by atoms with van der Waals surface area (Å²) in [5.41, 5.74) is 1.79. The van der Waals surface area contributed by atoms with E-state index in [0.717, 1.165) is 5.56 Å². The normalized spacial score (nSPS) is 10.9. The molecule has 0 fully saturated rings. The van der Waals surface area contributed by atoms with Gasteiger partial charge < -0.3 is 5.32 Å². The van der Waals surface area contributed by atoms with Crippen molar-refractivity contribution >= 4 is 33.2 Å². The largest absolute Gasteiger partial charge is 0.322 e. The van der Waals surface area contributed by atoms with Crippen LogP contribution in [0.2, 0.25) is 5.02 Å². The average Bonchev–Trinajstić information content (AvgIpc) is 2.56. The van der Waals surface area contributed by atoms with E-state index in [2.05, 4.69) is 16.0 Å². The summed E-state index contributed by atoms with van der Waals surface area (Å²) in [4.78, 5) is 12.2. The summed E-state index contributed by atoms with van der Waals surface area (Å²) in [6, 6.07) is 10.7. The van der Waals surface area contributed by atoms with Gasteiger partial charge in [0.15, 0.2) is 0 Å². The van der Waals surface area contributed by atoms with Gasteiger partial charge in [0, 0.05) is 16.3 Å². The quantitative estimate of drug-likeness (QED) is 0.803. The lowest BCUT2D eigenvalue weighted by Gasteiger charge is -2.08. The smallest absolute Gasteiger partial charge is 0.255 e. The number of anilines is 1. The van der Waals surface area contributed by atoms with Crippen LogP contribution in [0.25, 0.3) is 0 Å². The molecule has 7 heteroatoms. The average molecular weight is 363 g/mol. The molecule has 0 aromatic heterocycles. The summed E-state index contributed by atoms with van der Waals surface area (Å²) in [5.74, 6) is 1.83. The molecule has 2 N–H and O–H groups in total. The molecule has 0 aliphatic heterocycles. The first-order chi connectivity index (χ1) is 11.3. The lowest BCUT2D eigenvalue weighted by Crippen LogP contribution is -2.24. The maximum absolute atomic E-state index is 12.2. The predicted octanol–water partition coefficient (Wildman–Crippen LogP) is 2.81. The Bertz CT molecular complexity index is 900. The van der Waals surface area contributed by atoms with Gasteiger partial charge in [-0.2, -0.15) is 4.72 Å². The van der Waals surface area contributed by atoms with Crippen molar-refractivity contribution in [2.45, 2.75) is 11.8 Å². The Labute approximate surface area is 146 Å². The molecule has 2 rings (SSSR count). The summed E-state index contributed by atoms with van der Waals surface area (Å²) in [5, 5.41) is 3.25. The first-order valence-electron chi connectivity index (χ1n) is 6.94. The Hall–Kier alpha value is -2.33. The van der Waals surface area contributed by atoms with Crippen LogP contribution < -0.4 is 10.0 Å². The van der Waals surface area contributed by atoms with E-state index in [1.807, 2.05) is 6.92 Å². The lowest BCUT2D eigenvalue weighted by molar-refractivity contribution is 0.102. The van der Waals surface area contributed by atoms with Crippen LogP contribution in [-0.4, -0.2) is 20.9 Å². The summed E-state index contributed by atoms with van der Waals surface area (Å²) in [6.45, 7) is 1.76. The summed E-state index contributed by atoms with van der Waals surface area (Å²) < 4.78 is 26.1.